The molecular formula is C11H20ClN3O2. The summed E-state index contributed by atoms with van der Waals surface area (Å²) in [7, 11) is 3.38. The summed E-state index contributed by atoms with van der Waals surface area (Å²) in [6.07, 6.45) is 0.783. The second kappa shape index (κ2) is 7.63. The Morgan fingerprint density at radius 3 is 2.71 bits per heavy atom. The Labute approximate surface area is 107 Å². The Bertz CT molecular complexity index is 331. The third kappa shape index (κ3) is 4.26. The molecule has 1 heterocycles. The topological polar surface area (TPSA) is 49.2 Å². The number of methoxy groups -OCH3 is 2. The van der Waals surface area contributed by atoms with Crippen molar-refractivity contribution in [1.29, 1.82) is 0 Å². The largest absolute Gasteiger partial charge is 0.384 e. The van der Waals surface area contributed by atoms with Crippen LogP contribution in [0.25, 0.3) is 0 Å². The van der Waals surface area contributed by atoms with E-state index in [9.17, 15) is 0 Å². The predicted octanol–water partition coefficient (Wildman–Crippen LogP) is 1.49. The van der Waals surface area contributed by atoms with Crippen LogP contribution in [-0.2, 0) is 28.3 Å². The van der Waals surface area contributed by atoms with E-state index in [0.717, 1.165) is 24.4 Å². The van der Waals surface area contributed by atoms with Crippen LogP contribution in [0.5, 0.6) is 0 Å². The number of hydrogen-bond acceptors (Lipinski definition) is 4. The summed E-state index contributed by atoms with van der Waals surface area (Å²) in [6.45, 7) is 4.26. The second-order valence-corrected chi connectivity index (χ2v) is 4.37. The Morgan fingerprint density at radius 1 is 1.35 bits per heavy atom. The molecule has 0 aromatic carbocycles. The maximum atomic E-state index is 5.84. The standard InChI is InChI=1S/C11H20ClN3O2/c1-9(8-17-3)7-15-11(4-5-16-2)10(6-12)13-14-15/h9H,4-8H2,1-3H3. The first-order valence-electron chi connectivity index (χ1n) is 5.68. The molecule has 0 spiro atoms. The lowest BCUT2D eigenvalue weighted by molar-refractivity contribution is 0.147. The minimum absolute atomic E-state index is 0.387. The fraction of sp³-hybridized carbons (Fsp3) is 0.818. The van der Waals surface area contributed by atoms with Gasteiger partial charge in [0.1, 0.15) is 5.69 Å². The molecule has 0 saturated heterocycles. The van der Waals surface area contributed by atoms with Crippen molar-refractivity contribution in [2.24, 2.45) is 5.92 Å². The fourth-order valence-corrected chi connectivity index (χ4v) is 1.93. The van der Waals surface area contributed by atoms with E-state index in [1.54, 1.807) is 14.2 Å². The highest BCUT2D eigenvalue weighted by molar-refractivity contribution is 6.16. The Hall–Kier alpha value is -0.650. The molecule has 98 valence electrons. The third-order valence-corrected chi connectivity index (χ3v) is 2.78. The van der Waals surface area contributed by atoms with Crippen molar-refractivity contribution in [1.82, 2.24) is 15.0 Å². The van der Waals surface area contributed by atoms with Crippen LogP contribution in [-0.4, -0.2) is 42.4 Å². The zero-order chi connectivity index (χ0) is 12.7. The van der Waals surface area contributed by atoms with Crippen LogP contribution in [0, 0.1) is 5.92 Å². The van der Waals surface area contributed by atoms with Crippen LogP contribution in [0.3, 0.4) is 0 Å². The van der Waals surface area contributed by atoms with E-state index >= 15 is 0 Å². The van der Waals surface area contributed by atoms with Crippen LogP contribution < -0.4 is 0 Å². The van der Waals surface area contributed by atoms with Gasteiger partial charge >= 0.3 is 0 Å². The number of nitrogens with zero attached hydrogens (tertiary/aromatic N) is 3. The van der Waals surface area contributed by atoms with Gasteiger partial charge in [-0.3, -0.25) is 0 Å². The number of alkyl halides is 1. The average molecular weight is 262 g/mol. The van der Waals surface area contributed by atoms with Gasteiger partial charge in [0.05, 0.1) is 24.8 Å². The molecule has 1 aromatic rings. The average Bonchev–Trinajstić information content (AvgIpc) is 2.69. The molecular weight excluding hydrogens is 242 g/mol. The molecule has 1 aromatic heterocycles. The van der Waals surface area contributed by atoms with Gasteiger partial charge in [-0.25, -0.2) is 4.68 Å². The molecule has 1 rings (SSSR count). The van der Waals surface area contributed by atoms with Crippen LogP contribution in [0.2, 0.25) is 0 Å². The minimum Gasteiger partial charge on any atom is -0.384 e. The maximum Gasteiger partial charge on any atom is 0.101 e. The van der Waals surface area contributed by atoms with Crippen LogP contribution in [0.1, 0.15) is 18.3 Å². The van der Waals surface area contributed by atoms with Crippen LogP contribution >= 0.6 is 11.6 Å². The lowest BCUT2D eigenvalue weighted by Crippen LogP contribution is -2.17. The lowest BCUT2D eigenvalue weighted by atomic mass is 10.2. The number of hydrogen-bond donors (Lipinski definition) is 0. The van der Waals surface area contributed by atoms with Crippen molar-refractivity contribution in [3.8, 4) is 0 Å². The Morgan fingerprint density at radius 2 is 2.12 bits per heavy atom. The summed E-state index contributed by atoms with van der Waals surface area (Å²) in [5.74, 6) is 0.781. The first kappa shape index (κ1) is 14.4. The van der Waals surface area contributed by atoms with Gasteiger partial charge in [0, 0.05) is 27.2 Å². The van der Waals surface area contributed by atoms with E-state index in [0.29, 0.717) is 25.0 Å². The summed E-state index contributed by atoms with van der Waals surface area (Å²) < 4.78 is 12.1. The number of aromatic nitrogens is 3. The first-order chi connectivity index (χ1) is 8.22. The van der Waals surface area contributed by atoms with Gasteiger partial charge in [-0.2, -0.15) is 0 Å². The molecule has 0 aliphatic heterocycles. The van der Waals surface area contributed by atoms with Gasteiger partial charge in [-0.05, 0) is 5.92 Å². The zero-order valence-electron chi connectivity index (χ0n) is 10.6. The quantitative estimate of drug-likeness (QED) is 0.666. The molecule has 0 amide bonds. The van der Waals surface area contributed by atoms with Crippen molar-refractivity contribution in [2.75, 3.05) is 27.4 Å². The number of halogens is 1. The van der Waals surface area contributed by atoms with E-state index in [2.05, 4.69) is 17.2 Å². The highest BCUT2D eigenvalue weighted by Crippen LogP contribution is 2.12. The normalized spacial score (nSPS) is 12.9. The van der Waals surface area contributed by atoms with Crippen LogP contribution in [0.4, 0.5) is 0 Å². The second-order valence-electron chi connectivity index (χ2n) is 4.10. The van der Waals surface area contributed by atoms with Gasteiger partial charge in [0.2, 0.25) is 0 Å². The van der Waals surface area contributed by atoms with Gasteiger partial charge in [0.15, 0.2) is 0 Å². The molecule has 0 radical (unpaired) electrons. The summed E-state index contributed by atoms with van der Waals surface area (Å²) in [4.78, 5) is 0. The zero-order valence-corrected chi connectivity index (χ0v) is 11.4. The van der Waals surface area contributed by atoms with Crippen molar-refractivity contribution in [3.63, 3.8) is 0 Å². The van der Waals surface area contributed by atoms with Crippen molar-refractivity contribution < 1.29 is 9.47 Å². The molecule has 0 saturated carbocycles. The smallest absolute Gasteiger partial charge is 0.101 e. The molecule has 6 heteroatoms. The highest BCUT2D eigenvalue weighted by Gasteiger charge is 2.13. The Balaban J connectivity index is 2.72. The van der Waals surface area contributed by atoms with Gasteiger partial charge in [0.25, 0.3) is 0 Å². The molecule has 0 fully saturated rings. The molecule has 1 unspecified atom stereocenters. The minimum atomic E-state index is 0.387. The van der Waals surface area contributed by atoms with E-state index in [1.807, 2.05) is 4.68 Å². The Kier molecular flexibility index (Phi) is 6.47. The predicted molar refractivity (Wildman–Crippen MR) is 66.2 cm³/mol. The lowest BCUT2D eigenvalue weighted by Gasteiger charge is -2.12. The monoisotopic (exact) mass is 261 g/mol. The van der Waals surface area contributed by atoms with Crippen molar-refractivity contribution in [2.45, 2.75) is 25.8 Å². The SMILES string of the molecule is COCCc1c(CCl)nnn1CC(C)COC. The number of ether oxygens (including phenoxy) is 2. The molecule has 0 N–H and O–H groups in total. The van der Waals surface area contributed by atoms with E-state index in [-0.39, 0.29) is 0 Å². The van der Waals surface area contributed by atoms with E-state index in [1.165, 1.54) is 0 Å². The summed E-state index contributed by atoms with van der Waals surface area (Å²) in [5.41, 5.74) is 1.90. The third-order valence-electron chi connectivity index (χ3n) is 2.52. The fourth-order valence-electron chi connectivity index (χ4n) is 1.72. The molecule has 17 heavy (non-hydrogen) atoms. The van der Waals surface area contributed by atoms with Gasteiger partial charge in [-0.15, -0.1) is 16.7 Å². The molecule has 1 atom stereocenters. The molecule has 0 bridgehead atoms. The van der Waals surface area contributed by atoms with Gasteiger partial charge in [-0.1, -0.05) is 12.1 Å². The highest BCUT2D eigenvalue weighted by atomic mass is 35.5. The van der Waals surface area contributed by atoms with Crippen molar-refractivity contribution in [3.05, 3.63) is 11.4 Å². The molecule has 5 nitrogen and oxygen atoms in total. The van der Waals surface area contributed by atoms with E-state index in [4.69, 9.17) is 21.1 Å². The van der Waals surface area contributed by atoms with E-state index < -0.39 is 0 Å². The number of rotatable bonds is 8. The summed E-state index contributed by atoms with van der Waals surface area (Å²) >= 11 is 5.84. The van der Waals surface area contributed by atoms with Gasteiger partial charge < -0.3 is 9.47 Å². The van der Waals surface area contributed by atoms with Crippen molar-refractivity contribution >= 4 is 11.6 Å². The summed E-state index contributed by atoms with van der Waals surface area (Å²) in [6, 6.07) is 0. The summed E-state index contributed by atoms with van der Waals surface area (Å²) in [5, 5.41) is 8.22. The van der Waals surface area contributed by atoms with Crippen LogP contribution in [0.15, 0.2) is 0 Å². The molecule has 0 aliphatic rings. The maximum absolute atomic E-state index is 5.84. The first-order valence-corrected chi connectivity index (χ1v) is 6.21. The molecule has 0 aliphatic carbocycles.